The van der Waals surface area contributed by atoms with E-state index in [4.69, 9.17) is 11.6 Å². The van der Waals surface area contributed by atoms with E-state index in [1.54, 1.807) is 0 Å². The zero-order valence-corrected chi connectivity index (χ0v) is 12.7. The fourth-order valence-corrected chi connectivity index (χ4v) is 3.53. The van der Waals surface area contributed by atoms with Crippen LogP contribution in [0.15, 0.2) is 23.1 Å². The minimum atomic E-state index is -3.82. The number of hydrogen-bond acceptors (Lipinski definition) is 3. The predicted octanol–water partition coefficient (Wildman–Crippen LogP) is 2.24. The molecule has 1 saturated heterocycles. The highest BCUT2D eigenvalue weighted by molar-refractivity contribution is 7.89. The molecule has 20 heavy (non-hydrogen) atoms. The predicted molar refractivity (Wildman–Crippen MR) is 76.9 cm³/mol. The Kier molecular flexibility index (Phi) is 5.37. The number of sulfonamides is 1. The molecule has 1 aromatic carbocycles. The van der Waals surface area contributed by atoms with E-state index in [1.807, 2.05) is 0 Å². The Hall–Kier alpha value is -0.690. The van der Waals surface area contributed by atoms with E-state index < -0.39 is 15.8 Å². The molecule has 2 rings (SSSR count). The molecule has 0 aliphatic carbocycles. The fraction of sp³-hybridized carbons (Fsp3) is 0.538. The van der Waals surface area contributed by atoms with E-state index in [1.165, 1.54) is 18.6 Å². The van der Waals surface area contributed by atoms with E-state index in [9.17, 15) is 12.8 Å². The Balaban J connectivity index is 1.93. The van der Waals surface area contributed by atoms with Crippen LogP contribution >= 0.6 is 11.6 Å². The Labute approximate surface area is 124 Å². The smallest absolute Gasteiger partial charge is 0.243 e. The van der Waals surface area contributed by atoms with E-state index in [0.717, 1.165) is 32.0 Å². The number of halogens is 2. The molecule has 0 spiro atoms. The van der Waals surface area contributed by atoms with E-state index in [-0.39, 0.29) is 16.5 Å². The van der Waals surface area contributed by atoms with Crippen LogP contribution in [0.2, 0.25) is 5.02 Å². The second kappa shape index (κ2) is 6.85. The first kappa shape index (κ1) is 15.7. The van der Waals surface area contributed by atoms with Crippen LogP contribution in [0.4, 0.5) is 4.39 Å². The topological polar surface area (TPSA) is 49.4 Å². The SMILES string of the molecule is O=S(=O)(NCCN1CCCCC1)c1ccc(Cl)cc1F. The lowest BCUT2D eigenvalue weighted by atomic mass is 10.1. The lowest BCUT2D eigenvalue weighted by molar-refractivity contribution is 0.232. The molecule has 1 aromatic rings. The van der Waals surface area contributed by atoms with Crippen molar-refractivity contribution in [3.8, 4) is 0 Å². The molecule has 0 bridgehead atoms. The van der Waals surface area contributed by atoms with Crippen LogP contribution in [0.3, 0.4) is 0 Å². The third-order valence-electron chi connectivity index (χ3n) is 3.35. The van der Waals surface area contributed by atoms with Gasteiger partial charge in [-0.1, -0.05) is 18.0 Å². The van der Waals surface area contributed by atoms with Crippen molar-refractivity contribution >= 4 is 21.6 Å². The number of nitrogens with zero attached hydrogens (tertiary/aromatic N) is 1. The molecule has 1 aliphatic rings. The molecule has 0 saturated carbocycles. The first-order valence-corrected chi connectivity index (χ1v) is 8.52. The summed E-state index contributed by atoms with van der Waals surface area (Å²) in [6, 6.07) is 3.55. The number of benzene rings is 1. The monoisotopic (exact) mass is 320 g/mol. The Morgan fingerprint density at radius 1 is 1.25 bits per heavy atom. The molecule has 0 atom stereocenters. The number of rotatable bonds is 5. The van der Waals surface area contributed by atoms with E-state index in [2.05, 4.69) is 9.62 Å². The van der Waals surface area contributed by atoms with Gasteiger partial charge in [0.1, 0.15) is 10.7 Å². The molecular formula is C13H18ClFN2O2S. The standard InChI is InChI=1S/C13H18ClFN2O2S/c14-11-4-5-13(12(15)10-11)20(18,19)16-6-9-17-7-2-1-3-8-17/h4-5,10,16H,1-3,6-9H2. The number of likely N-dealkylation sites (tertiary alicyclic amines) is 1. The van der Waals surface area contributed by atoms with Gasteiger partial charge >= 0.3 is 0 Å². The van der Waals surface area contributed by atoms with Crippen LogP contribution in [-0.2, 0) is 10.0 Å². The number of hydrogen-bond donors (Lipinski definition) is 1. The van der Waals surface area contributed by atoms with Gasteiger partial charge in [-0.3, -0.25) is 0 Å². The molecular weight excluding hydrogens is 303 g/mol. The summed E-state index contributed by atoms with van der Waals surface area (Å²) in [4.78, 5) is 1.85. The van der Waals surface area contributed by atoms with Gasteiger partial charge < -0.3 is 4.90 Å². The molecule has 1 fully saturated rings. The zero-order chi connectivity index (χ0) is 14.6. The minimum absolute atomic E-state index is 0.176. The lowest BCUT2D eigenvalue weighted by Crippen LogP contribution is -2.37. The van der Waals surface area contributed by atoms with Crippen LogP contribution in [0.5, 0.6) is 0 Å². The Bertz CT molecular complexity index is 559. The van der Waals surface area contributed by atoms with Gasteiger partial charge in [-0.25, -0.2) is 17.5 Å². The summed E-state index contributed by atoms with van der Waals surface area (Å²) in [6.07, 6.45) is 3.54. The third-order valence-corrected chi connectivity index (χ3v) is 5.08. The molecule has 112 valence electrons. The van der Waals surface area contributed by atoms with Crippen molar-refractivity contribution in [2.75, 3.05) is 26.2 Å². The zero-order valence-electron chi connectivity index (χ0n) is 11.1. The molecule has 7 heteroatoms. The van der Waals surface area contributed by atoms with Crippen molar-refractivity contribution in [2.45, 2.75) is 24.2 Å². The number of nitrogens with one attached hydrogen (secondary N) is 1. The molecule has 1 N–H and O–H groups in total. The molecule has 1 heterocycles. The summed E-state index contributed by atoms with van der Waals surface area (Å²) in [6.45, 7) is 2.92. The highest BCUT2D eigenvalue weighted by atomic mass is 35.5. The van der Waals surface area contributed by atoms with Crippen LogP contribution in [-0.4, -0.2) is 39.5 Å². The van der Waals surface area contributed by atoms with Crippen LogP contribution in [0.1, 0.15) is 19.3 Å². The molecule has 0 radical (unpaired) electrons. The van der Waals surface area contributed by atoms with Crippen molar-refractivity contribution in [3.05, 3.63) is 29.0 Å². The second-order valence-corrected chi connectivity index (χ2v) is 7.05. The van der Waals surface area contributed by atoms with Gasteiger partial charge in [0.05, 0.1) is 0 Å². The highest BCUT2D eigenvalue weighted by Crippen LogP contribution is 2.18. The quantitative estimate of drug-likeness (QED) is 0.905. The fourth-order valence-electron chi connectivity index (χ4n) is 2.29. The lowest BCUT2D eigenvalue weighted by Gasteiger charge is -2.26. The summed E-state index contributed by atoms with van der Waals surface area (Å²) in [5.74, 6) is -0.831. The van der Waals surface area contributed by atoms with Gasteiger partial charge in [0.15, 0.2) is 0 Å². The first-order valence-electron chi connectivity index (χ1n) is 6.66. The van der Waals surface area contributed by atoms with E-state index >= 15 is 0 Å². The van der Waals surface area contributed by atoms with Crippen molar-refractivity contribution in [3.63, 3.8) is 0 Å². The molecule has 0 unspecified atom stereocenters. The van der Waals surface area contributed by atoms with Crippen LogP contribution < -0.4 is 4.72 Å². The van der Waals surface area contributed by atoms with E-state index in [0.29, 0.717) is 6.54 Å². The summed E-state index contributed by atoms with van der Waals surface area (Å²) in [7, 11) is -3.82. The maximum atomic E-state index is 13.6. The largest absolute Gasteiger partial charge is 0.302 e. The maximum Gasteiger partial charge on any atom is 0.243 e. The third kappa shape index (κ3) is 4.15. The van der Waals surface area contributed by atoms with Gasteiger partial charge in [0, 0.05) is 18.1 Å². The first-order chi connectivity index (χ1) is 9.49. The minimum Gasteiger partial charge on any atom is -0.302 e. The molecule has 1 aliphatic heterocycles. The summed E-state index contributed by atoms with van der Waals surface area (Å²) >= 11 is 5.61. The molecule has 0 amide bonds. The normalized spacial score (nSPS) is 17.3. The van der Waals surface area contributed by atoms with Crippen molar-refractivity contribution in [1.82, 2.24) is 9.62 Å². The van der Waals surface area contributed by atoms with Gasteiger partial charge in [-0.05, 0) is 44.1 Å². The van der Waals surface area contributed by atoms with Crippen molar-refractivity contribution < 1.29 is 12.8 Å². The highest BCUT2D eigenvalue weighted by Gasteiger charge is 2.19. The summed E-state index contributed by atoms with van der Waals surface area (Å²) < 4.78 is 40.0. The maximum absolute atomic E-state index is 13.6. The second-order valence-electron chi connectivity index (χ2n) is 4.87. The summed E-state index contributed by atoms with van der Waals surface area (Å²) in [5.41, 5.74) is 0. The van der Waals surface area contributed by atoms with Gasteiger partial charge in [-0.2, -0.15) is 0 Å². The average molecular weight is 321 g/mol. The van der Waals surface area contributed by atoms with Crippen LogP contribution in [0.25, 0.3) is 0 Å². The Morgan fingerprint density at radius 3 is 2.60 bits per heavy atom. The van der Waals surface area contributed by atoms with Crippen molar-refractivity contribution in [1.29, 1.82) is 0 Å². The number of piperidine rings is 1. The van der Waals surface area contributed by atoms with Gasteiger partial charge in [-0.15, -0.1) is 0 Å². The molecule has 0 aromatic heterocycles. The van der Waals surface area contributed by atoms with Crippen LogP contribution in [0, 0.1) is 5.82 Å². The molecule has 4 nitrogen and oxygen atoms in total. The van der Waals surface area contributed by atoms with Gasteiger partial charge in [0.25, 0.3) is 0 Å². The summed E-state index contributed by atoms with van der Waals surface area (Å²) in [5, 5.41) is 0.176. The van der Waals surface area contributed by atoms with Gasteiger partial charge in [0.2, 0.25) is 10.0 Å². The average Bonchev–Trinajstić information content (AvgIpc) is 2.39. The van der Waals surface area contributed by atoms with Crippen molar-refractivity contribution in [2.24, 2.45) is 0 Å². The Morgan fingerprint density at radius 2 is 1.95 bits per heavy atom.